The van der Waals surface area contributed by atoms with Crippen LogP contribution in [0.15, 0.2) is 22.7 Å². The second kappa shape index (κ2) is 8.56. The lowest BCUT2D eigenvalue weighted by atomic mass is 10.1. The molecule has 1 aromatic rings. The maximum Gasteiger partial charge on any atom is 0.0637 e. The average molecular weight is 329 g/mol. The largest absolute Gasteiger partial charge is 0.383 e. The van der Waals surface area contributed by atoms with E-state index in [0.29, 0.717) is 5.92 Å². The Balaban J connectivity index is 2.85. The number of hydrogen-bond donors (Lipinski definition) is 1. The molecule has 1 aromatic carbocycles. The Hall–Kier alpha value is -0.580. The molecule has 0 radical (unpaired) electrons. The van der Waals surface area contributed by atoms with Gasteiger partial charge in [0.1, 0.15) is 0 Å². The van der Waals surface area contributed by atoms with E-state index in [-0.39, 0.29) is 0 Å². The number of hydrogen-bond acceptors (Lipinski definition) is 3. The lowest BCUT2D eigenvalue weighted by molar-refractivity contribution is 0.204. The summed E-state index contributed by atoms with van der Waals surface area (Å²) in [4.78, 5) is 2.38. The second-order valence-corrected chi connectivity index (χ2v) is 5.99. The fourth-order valence-electron chi connectivity index (χ4n) is 2.03. The Labute approximate surface area is 125 Å². The monoisotopic (exact) mass is 328 g/mol. The number of benzene rings is 1. The van der Waals surface area contributed by atoms with Crippen molar-refractivity contribution in [3.8, 4) is 0 Å². The molecular formula is C15H25BrN2O. The molecule has 0 unspecified atom stereocenters. The fourth-order valence-corrected chi connectivity index (χ4v) is 2.54. The van der Waals surface area contributed by atoms with Gasteiger partial charge in [-0.15, -0.1) is 0 Å². The van der Waals surface area contributed by atoms with Crippen molar-refractivity contribution >= 4 is 21.6 Å². The highest BCUT2D eigenvalue weighted by atomic mass is 79.9. The minimum atomic E-state index is 0.632. The van der Waals surface area contributed by atoms with Crippen LogP contribution in [0.3, 0.4) is 0 Å². The van der Waals surface area contributed by atoms with Gasteiger partial charge < -0.3 is 15.0 Å². The van der Waals surface area contributed by atoms with Crippen LogP contribution >= 0.6 is 15.9 Å². The van der Waals surface area contributed by atoms with E-state index in [9.17, 15) is 0 Å². The SMILES string of the molecule is CNCc1ccc(N(CCOC)CC(C)C)cc1Br. The van der Waals surface area contributed by atoms with Crippen molar-refractivity contribution in [2.75, 3.05) is 38.8 Å². The number of halogens is 1. The summed E-state index contributed by atoms with van der Waals surface area (Å²) in [5.41, 5.74) is 2.53. The van der Waals surface area contributed by atoms with Crippen molar-refractivity contribution in [2.45, 2.75) is 20.4 Å². The maximum absolute atomic E-state index is 5.20. The molecule has 4 heteroatoms. The number of nitrogens with one attached hydrogen (secondary N) is 1. The highest BCUT2D eigenvalue weighted by Gasteiger charge is 2.10. The van der Waals surface area contributed by atoms with E-state index < -0.39 is 0 Å². The van der Waals surface area contributed by atoms with E-state index in [0.717, 1.165) is 30.7 Å². The van der Waals surface area contributed by atoms with Crippen LogP contribution in [-0.4, -0.2) is 33.9 Å². The molecule has 1 N–H and O–H groups in total. The molecule has 0 atom stereocenters. The van der Waals surface area contributed by atoms with Gasteiger partial charge in [0, 0.05) is 36.9 Å². The van der Waals surface area contributed by atoms with Gasteiger partial charge in [0.25, 0.3) is 0 Å². The highest BCUT2D eigenvalue weighted by molar-refractivity contribution is 9.10. The van der Waals surface area contributed by atoms with E-state index in [4.69, 9.17) is 4.74 Å². The Morgan fingerprint density at radius 3 is 2.63 bits per heavy atom. The molecule has 0 fully saturated rings. The standard InChI is InChI=1S/C15H25BrN2O/c1-12(2)11-18(7-8-19-4)14-6-5-13(10-17-3)15(16)9-14/h5-6,9,12,17H,7-8,10-11H2,1-4H3. The Morgan fingerprint density at radius 1 is 1.37 bits per heavy atom. The first-order chi connectivity index (χ1) is 9.08. The normalized spacial score (nSPS) is 11.1. The van der Waals surface area contributed by atoms with Crippen LogP contribution in [0.1, 0.15) is 19.4 Å². The molecule has 0 aliphatic rings. The summed E-state index contributed by atoms with van der Waals surface area (Å²) >= 11 is 3.65. The number of rotatable bonds is 8. The topological polar surface area (TPSA) is 24.5 Å². The molecule has 0 bridgehead atoms. The summed E-state index contributed by atoms with van der Waals surface area (Å²) < 4.78 is 6.36. The molecular weight excluding hydrogens is 304 g/mol. The third-order valence-electron chi connectivity index (χ3n) is 2.92. The van der Waals surface area contributed by atoms with E-state index in [1.807, 2.05) is 7.05 Å². The van der Waals surface area contributed by atoms with Crippen molar-refractivity contribution in [3.63, 3.8) is 0 Å². The van der Waals surface area contributed by atoms with Gasteiger partial charge in [-0.1, -0.05) is 35.8 Å². The number of nitrogens with zero attached hydrogens (tertiary/aromatic N) is 1. The Kier molecular flexibility index (Phi) is 7.42. The number of methoxy groups -OCH3 is 1. The third kappa shape index (κ3) is 5.51. The molecule has 0 heterocycles. The lowest BCUT2D eigenvalue weighted by Gasteiger charge is -2.27. The van der Waals surface area contributed by atoms with Gasteiger partial charge in [-0.2, -0.15) is 0 Å². The van der Waals surface area contributed by atoms with Crippen LogP contribution in [0.5, 0.6) is 0 Å². The van der Waals surface area contributed by atoms with Crippen molar-refractivity contribution in [1.82, 2.24) is 5.32 Å². The van der Waals surface area contributed by atoms with Crippen molar-refractivity contribution in [2.24, 2.45) is 5.92 Å². The van der Waals surface area contributed by atoms with E-state index >= 15 is 0 Å². The van der Waals surface area contributed by atoms with Gasteiger partial charge >= 0.3 is 0 Å². The van der Waals surface area contributed by atoms with E-state index in [2.05, 4.69) is 58.2 Å². The van der Waals surface area contributed by atoms with Crippen LogP contribution < -0.4 is 10.2 Å². The highest BCUT2D eigenvalue weighted by Crippen LogP contribution is 2.24. The zero-order valence-electron chi connectivity index (χ0n) is 12.4. The van der Waals surface area contributed by atoms with Crippen LogP contribution in [-0.2, 0) is 11.3 Å². The summed E-state index contributed by atoms with van der Waals surface area (Å²) in [7, 11) is 3.71. The predicted octanol–water partition coefficient (Wildman–Crippen LogP) is 3.28. The third-order valence-corrected chi connectivity index (χ3v) is 3.66. The zero-order chi connectivity index (χ0) is 14.3. The smallest absolute Gasteiger partial charge is 0.0637 e. The van der Waals surface area contributed by atoms with E-state index in [1.165, 1.54) is 11.3 Å². The molecule has 0 aliphatic carbocycles. The Morgan fingerprint density at radius 2 is 2.11 bits per heavy atom. The molecule has 0 saturated heterocycles. The van der Waals surface area contributed by atoms with Gasteiger partial charge in [0.05, 0.1) is 6.61 Å². The number of ether oxygens (including phenoxy) is 1. The average Bonchev–Trinajstić information content (AvgIpc) is 2.36. The summed E-state index contributed by atoms with van der Waals surface area (Å²) in [5, 5.41) is 3.18. The summed E-state index contributed by atoms with van der Waals surface area (Å²) in [6, 6.07) is 6.57. The molecule has 0 amide bonds. The molecule has 19 heavy (non-hydrogen) atoms. The maximum atomic E-state index is 5.20. The van der Waals surface area contributed by atoms with Crippen LogP contribution in [0.2, 0.25) is 0 Å². The minimum Gasteiger partial charge on any atom is -0.383 e. The number of anilines is 1. The molecule has 0 saturated carbocycles. The summed E-state index contributed by atoms with van der Waals surface area (Å²) in [6.07, 6.45) is 0. The van der Waals surface area contributed by atoms with Crippen molar-refractivity contribution in [3.05, 3.63) is 28.2 Å². The second-order valence-electron chi connectivity index (χ2n) is 5.14. The fraction of sp³-hybridized carbons (Fsp3) is 0.600. The molecule has 0 spiro atoms. The van der Waals surface area contributed by atoms with Crippen molar-refractivity contribution in [1.29, 1.82) is 0 Å². The van der Waals surface area contributed by atoms with Gasteiger partial charge in [-0.25, -0.2) is 0 Å². The molecule has 108 valence electrons. The zero-order valence-corrected chi connectivity index (χ0v) is 14.0. The lowest BCUT2D eigenvalue weighted by Crippen LogP contribution is -2.31. The van der Waals surface area contributed by atoms with Gasteiger partial charge in [0.15, 0.2) is 0 Å². The Bertz CT molecular complexity index is 382. The quantitative estimate of drug-likeness (QED) is 0.792. The molecule has 3 nitrogen and oxygen atoms in total. The molecule has 1 rings (SSSR count). The van der Waals surface area contributed by atoms with Gasteiger partial charge in [-0.3, -0.25) is 0 Å². The van der Waals surface area contributed by atoms with Gasteiger partial charge in [0.2, 0.25) is 0 Å². The van der Waals surface area contributed by atoms with Crippen LogP contribution in [0.4, 0.5) is 5.69 Å². The minimum absolute atomic E-state index is 0.632. The first-order valence-electron chi connectivity index (χ1n) is 6.75. The molecule has 0 aliphatic heterocycles. The summed E-state index contributed by atoms with van der Waals surface area (Å²) in [6.45, 7) is 8.08. The van der Waals surface area contributed by atoms with E-state index in [1.54, 1.807) is 7.11 Å². The summed E-state index contributed by atoms with van der Waals surface area (Å²) in [5.74, 6) is 0.632. The van der Waals surface area contributed by atoms with Gasteiger partial charge in [-0.05, 0) is 30.7 Å². The van der Waals surface area contributed by atoms with Crippen LogP contribution in [0, 0.1) is 5.92 Å². The first-order valence-corrected chi connectivity index (χ1v) is 7.54. The first kappa shape index (κ1) is 16.5. The van der Waals surface area contributed by atoms with Crippen LogP contribution in [0.25, 0.3) is 0 Å². The predicted molar refractivity (Wildman–Crippen MR) is 85.8 cm³/mol. The molecule has 0 aromatic heterocycles. The van der Waals surface area contributed by atoms with Crippen molar-refractivity contribution < 1.29 is 4.74 Å².